The van der Waals surface area contributed by atoms with Gasteiger partial charge in [0.1, 0.15) is 10.5 Å². The Hall–Kier alpha value is -3.79. The maximum absolute atomic E-state index is 14.0. The van der Waals surface area contributed by atoms with Gasteiger partial charge in [-0.15, -0.1) is 0 Å². The molecule has 3 aromatic rings. The molecule has 0 aliphatic carbocycles. The summed E-state index contributed by atoms with van der Waals surface area (Å²) in [5, 5.41) is 16.2. The molecule has 1 aromatic heterocycles. The Labute approximate surface area is 223 Å². The van der Waals surface area contributed by atoms with Crippen molar-refractivity contribution in [3.05, 3.63) is 85.6 Å². The summed E-state index contributed by atoms with van der Waals surface area (Å²) in [6.07, 6.45) is 0. The number of nitrogens with zero attached hydrogens (tertiary/aromatic N) is 3. The van der Waals surface area contributed by atoms with Gasteiger partial charge in [-0.2, -0.15) is 13.5 Å². The van der Waals surface area contributed by atoms with Crippen molar-refractivity contribution >= 4 is 27.2 Å². The molecule has 0 N–H and O–H groups in total. The molecule has 2 aromatic carbocycles. The molecule has 0 saturated carbocycles. The van der Waals surface area contributed by atoms with Gasteiger partial charge in [-0.05, 0) is 76.8 Å². The molecule has 38 heavy (non-hydrogen) atoms. The number of carbonyl (C=O) groups excluding carboxylic acids is 1. The fraction of sp³-hybridized carbons (Fsp3) is 0.357. The number of carbonyl (C=O) groups is 1. The average Bonchev–Trinajstić information content (AvgIpc) is 3.10. The third-order valence-electron chi connectivity index (χ3n) is 6.35. The molecule has 0 aliphatic rings. The summed E-state index contributed by atoms with van der Waals surface area (Å²) in [6, 6.07) is 8.90. The van der Waals surface area contributed by atoms with Crippen molar-refractivity contribution in [1.29, 1.82) is 0 Å². The smallest absolute Gasteiger partial charge is 0.340 e. The van der Waals surface area contributed by atoms with Crippen LogP contribution >= 0.6 is 0 Å². The fourth-order valence-corrected chi connectivity index (χ4v) is 5.13. The molecule has 0 amide bonds. The van der Waals surface area contributed by atoms with Crippen LogP contribution in [0.25, 0.3) is 5.57 Å². The van der Waals surface area contributed by atoms with E-state index in [1.165, 1.54) is 28.9 Å². The van der Waals surface area contributed by atoms with E-state index in [2.05, 4.69) is 5.10 Å². The standard InChI is InChI=1S/C28H33N3O6S/c1-16(2)15-30-28(37-38(35,36)22-11-9-18(5)10-12-22)26(21(8)29-30)27(32)23-13-14-24(31(33)34)25(20(23)7)19(6)17(3)4/h9-14,16H,15H2,1-8H3. The lowest BCUT2D eigenvalue weighted by Crippen LogP contribution is -2.17. The number of hydrogen-bond donors (Lipinski definition) is 0. The van der Waals surface area contributed by atoms with E-state index in [1.54, 1.807) is 32.9 Å². The first-order valence-corrected chi connectivity index (χ1v) is 13.6. The molecule has 0 unspecified atom stereocenters. The van der Waals surface area contributed by atoms with Gasteiger partial charge >= 0.3 is 10.1 Å². The second kappa shape index (κ2) is 10.9. The van der Waals surface area contributed by atoms with Gasteiger partial charge in [-0.1, -0.05) is 37.1 Å². The van der Waals surface area contributed by atoms with E-state index in [9.17, 15) is 23.3 Å². The summed E-state index contributed by atoms with van der Waals surface area (Å²) in [5.41, 5.74) is 3.62. The number of benzene rings is 2. The van der Waals surface area contributed by atoms with Gasteiger partial charge in [0.25, 0.3) is 5.69 Å². The predicted octanol–water partition coefficient (Wildman–Crippen LogP) is 6.18. The van der Waals surface area contributed by atoms with Gasteiger partial charge in [-0.3, -0.25) is 14.9 Å². The van der Waals surface area contributed by atoms with Crippen molar-refractivity contribution in [1.82, 2.24) is 9.78 Å². The molecule has 0 radical (unpaired) electrons. The molecule has 202 valence electrons. The lowest BCUT2D eigenvalue weighted by atomic mass is 9.90. The number of nitro benzene ring substituents is 1. The topological polar surface area (TPSA) is 121 Å². The van der Waals surface area contributed by atoms with Crippen LogP contribution in [-0.4, -0.2) is 28.9 Å². The van der Waals surface area contributed by atoms with Gasteiger partial charge in [0.2, 0.25) is 11.7 Å². The predicted molar refractivity (Wildman–Crippen MR) is 146 cm³/mol. The highest BCUT2D eigenvalue weighted by Gasteiger charge is 2.31. The third-order valence-corrected chi connectivity index (χ3v) is 7.58. The van der Waals surface area contributed by atoms with E-state index >= 15 is 0 Å². The third kappa shape index (κ3) is 5.70. The lowest BCUT2D eigenvalue weighted by Gasteiger charge is -2.15. The van der Waals surface area contributed by atoms with Gasteiger partial charge < -0.3 is 4.18 Å². The molecule has 0 atom stereocenters. The van der Waals surface area contributed by atoms with Crippen molar-refractivity contribution in [3.63, 3.8) is 0 Å². The van der Waals surface area contributed by atoms with Crippen LogP contribution in [-0.2, 0) is 16.7 Å². The SMILES string of the molecule is CC(C)=C(C)c1c([N+](=O)[O-])ccc(C(=O)c2c(C)nn(CC(C)C)c2OS(=O)(=O)c2ccc(C)cc2)c1C. The largest absolute Gasteiger partial charge is 0.358 e. The first-order chi connectivity index (χ1) is 17.7. The van der Waals surface area contributed by atoms with Crippen LogP contribution in [0.5, 0.6) is 5.88 Å². The highest BCUT2D eigenvalue weighted by Crippen LogP contribution is 2.36. The van der Waals surface area contributed by atoms with E-state index < -0.39 is 20.8 Å². The zero-order valence-corrected chi connectivity index (χ0v) is 23.8. The van der Waals surface area contributed by atoms with Gasteiger partial charge in [-0.25, -0.2) is 4.68 Å². The molecule has 10 heteroatoms. The summed E-state index contributed by atoms with van der Waals surface area (Å²) in [5.74, 6) is -0.628. The second-order valence-corrected chi connectivity index (χ2v) is 11.6. The Morgan fingerprint density at radius 1 is 1.03 bits per heavy atom. The van der Waals surface area contributed by atoms with Gasteiger partial charge in [0.05, 0.1) is 16.2 Å². The Kier molecular flexibility index (Phi) is 8.26. The van der Waals surface area contributed by atoms with Crippen LogP contribution in [0.3, 0.4) is 0 Å². The normalized spacial score (nSPS) is 11.5. The van der Waals surface area contributed by atoms with Crippen molar-refractivity contribution in [2.75, 3.05) is 0 Å². The summed E-state index contributed by atoms with van der Waals surface area (Å²) in [7, 11) is -4.28. The molecule has 0 saturated heterocycles. The highest BCUT2D eigenvalue weighted by atomic mass is 32.2. The van der Waals surface area contributed by atoms with Crippen molar-refractivity contribution < 1.29 is 22.3 Å². The number of hydrogen-bond acceptors (Lipinski definition) is 7. The molecule has 0 fully saturated rings. The number of allylic oxidation sites excluding steroid dienone is 2. The molecular weight excluding hydrogens is 506 g/mol. The van der Waals surface area contributed by atoms with E-state index in [-0.39, 0.29) is 33.5 Å². The second-order valence-electron chi connectivity index (χ2n) is 10.0. The minimum absolute atomic E-state index is 0.000840. The number of ketones is 1. The highest BCUT2D eigenvalue weighted by molar-refractivity contribution is 7.87. The Morgan fingerprint density at radius 2 is 1.63 bits per heavy atom. The van der Waals surface area contributed by atoms with Gasteiger partial charge in [0, 0.05) is 18.2 Å². The van der Waals surface area contributed by atoms with Crippen LogP contribution in [0.15, 0.2) is 46.9 Å². The first-order valence-electron chi connectivity index (χ1n) is 12.2. The summed E-state index contributed by atoms with van der Waals surface area (Å²) < 4.78 is 33.4. The van der Waals surface area contributed by atoms with E-state index in [1.807, 2.05) is 34.6 Å². The zero-order chi connectivity index (χ0) is 28.5. The summed E-state index contributed by atoms with van der Waals surface area (Å²) >= 11 is 0. The monoisotopic (exact) mass is 539 g/mol. The van der Waals surface area contributed by atoms with Crippen LogP contribution in [0.2, 0.25) is 0 Å². The van der Waals surface area contributed by atoms with E-state index in [0.717, 1.165) is 11.1 Å². The molecule has 9 nitrogen and oxygen atoms in total. The molecular formula is C28H33N3O6S. The molecule has 0 spiro atoms. The molecule has 3 rings (SSSR count). The van der Waals surface area contributed by atoms with Crippen molar-refractivity contribution in [3.8, 4) is 5.88 Å². The van der Waals surface area contributed by atoms with Crippen LogP contribution in [0, 0.1) is 36.8 Å². The molecule has 0 aliphatic heterocycles. The average molecular weight is 540 g/mol. The summed E-state index contributed by atoms with van der Waals surface area (Å²) in [4.78, 5) is 25.2. The maximum Gasteiger partial charge on any atom is 0.340 e. The maximum atomic E-state index is 14.0. The minimum atomic E-state index is -4.28. The minimum Gasteiger partial charge on any atom is -0.358 e. The lowest BCUT2D eigenvalue weighted by molar-refractivity contribution is -0.385. The Balaban J connectivity index is 2.24. The first kappa shape index (κ1) is 28.8. The zero-order valence-electron chi connectivity index (χ0n) is 22.9. The van der Waals surface area contributed by atoms with Gasteiger partial charge in [0.15, 0.2) is 0 Å². The van der Waals surface area contributed by atoms with E-state index in [4.69, 9.17) is 4.18 Å². The number of aryl methyl sites for hydroxylation is 2. The number of rotatable bonds is 9. The number of aromatic nitrogens is 2. The quantitative estimate of drug-likeness (QED) is 0.138. The Bertz CT molecular complexity index is 1540. The van der Waals surface area contributed by atoms with E-state index in [0.29, 0.717) is 28.9 Å². The van der Waals surface area contributed by atoms with Crippen molar-refractivity contribution in [2.45, 2.75) is 66.8 Å². The number of nitro groups is 1. The fourth-order valence-electron chi connectivity index (χ4n) is 4.19. The Morgan fingerprint density at radius 3 is 2.16 bits per heavy atom. The van der Waals surface area contributed by atoms with Crippen LogP contribution < -0.4 is 4.18 Å². The molecule has 1 heterocycles. The molecule has 0 bridgehead atoms. The van der Waals surface area contributed by atoms with Crippen molar-refractivity contribution in [2.24, 2.45) is 5.92 Å². The van der Waals surface area contributed by atoms with Crippen LogP contribution in [0.4, 0.5) is 5.69 Å². The summed E-state index contributed by atoms with van der Waals surface area (Å²) in [6.45, 7) is 14.7. The van der Waals surface area contributed by atoms with Crippen LogP contribution in [0.1, 0.15) is 72.9 Å².